The zero-order valence-corrected chi connectivity index (χ0v) is 19.6. The lowest BCUT2D eigenvalue weighted by molar-refractivity contribution is 1.15. The second-order valence-electron chi connectivity index (χ2n) is 8.81. The Hall–Kier alpha value is -5.19. The molecule has 0 N–H and O–H groups in total. The molecule has 0 saturated heterocycles. The van der Waals surface area contributed by atoms with Gasteiger partial charge in [-0.2, -0.15) is 10.5 Å². The predicted molar refractivity (Wildman–Crippen MR) is 144 cm³/mol. The standard InChI is InChI=1S/C32H20N4/c1-21-16-26(20-34)28(24-12-14-35-15-13-24)18-32(21)36-30-5-3-2-4-27(30)29-17-25(10-11-31(29)36)23-8-6-22(19-33)7-9-23/h2-18H,1H3. The Kier molecular flexibility index (Phi) is 5.07. The fourth-order valence-corrected chi connectivity index (χ4v) is 4.95. The summed E-state index contributed by atoms with van der Waals surface area (Å²) in [5.41, 5.74) is 9.60. The van der Waals surface area contributed by atoms with E-state index in [4.69, 9.17) is 5.26 Å². The molecule has 0 bridgehead atoms. The van der Waals surface area contributed by atoms with Crippen molar-refractivity contribution in [2.45, 2.75) is 6.92 Å². The molecule has 36 heavy (non-hydrogen) atoms. The van der Waals surface area contributed by atoms with E-state index < -0.39 is 0 Å². The van der Waals surface area contributed by atoms with Crippen LogP contribution in [0.5, 0.6) is 0 Å². The molecule has 0 aliphatic rings. The molecule has 4 aromatic carbocycles. The van der Waals surface area contributed by atoms with E-state index in [0.717, 1.165) is 55.3 Å². The van der Waals surface area contributed by atoms with Crippen LogP contribution in [0.4, 0.5) is 0 Å². The zero-order chi connectivity index (χ0) is 24.6. The average Bonchev–Trinajstić information content (AvgIpc) is 3.27. The van der Waals surface area contributed by atoms with Crippen LogP contribution in [0.3, 0.4) is 0 Å². The topological polar surface area (TPSA) is 65.4 Å². The lowest BCUT2D eigenvalue weighted by Gasteiger charge is -2.15. The molecule has 2 heterocycles. The van der Waals surface area contributed by atoms with E-state index in [1.165, 1.54) is 0 Å². The predicted octanol–water partition coefficient (Wildman–Crippen LogP) is 7.56. The van der Waals surface area contributed by atoms with Crippen molar-refractivity contribution in [3.63, 3.8) is 0 Å². The van der Waals surface area contributed by atoms with Gasteiger partial charge in [-0.15, -0.1) is 0 Å². The quantitative estimate of drug-likeness (QED) is 0.274. The van der Waals surface area contributed by atoms with Gasteiger partial charge in [0.1, 0.15) is 0 Å². The molecule has 0 aliphatic heterocycles. The summed E-state index contributed by atoms with van der Waals surface area (Å²) in [5.74, 6) is 0. The summed E-state index contributed by atoms with van der Waals surface area (Å²) in [6.07, 6.45) is 3.50. The maximum absolute atomic E-state index is 9.85. The first-order chi connectivity index (χ1) is 17.7. The van der Waals surface area contributed by atoms with Crippen LogP contribution < -0.4 is 0 Å². The molecule has 0 saturated carbocycles. The number of fused-ring (bicyclic) bond motifs is 3. The molecule has 0 unspecified atom stereocenters. The average molecular weight is 461 g/mol. The summed E-state index contributed by atoms with van der Waals surface area (Å²) in [7, 11) is 0. The molecule has 0 spiro atoms. The largest absolute Gasteiger partial charge is 0.309 e. The number of nitrogens with zero attached hydrogens (tertiary/aromatic N) is 4. The van der Waals surface area contributed by atoms with Gasteiger partial charge < -0.3 is 4.57 Å². The Bertz CT molecular complexity index is 1850. The van der Waals surface area contributed by atoms with Crippen LogP contribution >= 0.6 is 0 Å². The Morgan fingerprint density at radius 1 is 0.667 bits per heavy atom. The van der Waals surface area contributed by atoms with Gasteiger partial charge in [0, 0.05) is 34.4 Å². The molecule has 0 aliphatic carbocycles. The van der Waals surface area contributed by atoms with Gasteiger partial charge in [-0.05, 0) is 83.8 Å². The van der Waals surface area contributed by atoms with E-state index in [1.54, 1.807) is 12.4 Å². The number of nitriles is 2. The van der Waals surface area contributed by atoms with Gasteiger partial charge in [0.15, 0.2) is 0 Å². The summed E-state index contributed by atoms with van der Waals surface area (Å²) in [6.45, 7) is 2.05. The third-order valence-electron chi connectivity index (χ3n) is 6.71. The Morgan fingerprint density at radius 2 is 1.39 bits per heavy atom. The molecule has 6 aromatic rings. The van der Waals surface area contributed by atoms with Crippen LogP contribution in [0.15, 0.2) is 103 Å². The van der Waals surface area contributed by atoms with E-state index in [-0.39, 0.29) is 0 Å². The number of hydrogen-bond acceptors (Lipinski definition) is 3. The van der Waals surface area contributed by atoms with Crippen LogP contribution in [-0.4, -0.2) is 9.55 Å². The summed E-state index contributed by atoms with van der Waals surface area (Å²) in [6, 6.07) is 35.1. The monoisotopic (exact) mass is 460 g/mol. The Balaban J connectivity index is 1.62. The van der Waals surface area contributed by atoms with Crippen LogP contribution in [0.25, 0.3) is 49.7 Å². The fourth-order valence-electron chi connectivity index (χ4n) is 4.95. The number of pyridine rings is 1. The maximum atomic E-state index is 9.85. The minimum atomic E-state index is 0.645. The molecule has 6 rings (SSSR count). The van der Waals surface area contributed by atoms with E-state index in [0.29, 0.717) is 11.1 Å². The van der Waals surface area contributed by atoms with Crippen LogP contribution in [0.2, 0.25) is 0 Å². The minimum Gasteiger partial charge on any atom is -0.309 e. The van der Waals surface area contributed by atoms with Crippen molar-refractivity contribution in [3.05, 3.63) is 120 Å². The number of rotatable bonds is 3. The number of para-hydroxylation sites is 1. The molecular weight excluding hydrogens is 440 g/mol. The number of aromatic nitrogens is 2. The van der Waals surface area contributed by atoms with Crippen molar-refractivity contribution in [2.75, 3.05) is 0 Å². The first kappa shape index (κ1) is 21.4. The number of benzene rings is 4. The van der Waals surface area contributed by atoms with Crippen LogP contribution in [-0.2, 0) is 0 Å². The maximum Gasteiger partial charge on any atom is 0.0998 e. The summed E-state index contributed by atoms with van der Waals surface area (Å²) in [4.78, 5) is 4.14. The fraction of sp³-hybridized carbons (Fsp3) is 0.0312. The Morgan fingerprint density at radius 3 is 2.14 bits per heavy atom. The highest BCUT2D eigenvalue weighted by molar-refractivity contribution is 6.10. The zero-order valence-electron chi connectivity index (χ0n) is 19.6. The first-order valence-electron chi connectivity index (χ1n) is 11.7. The summed E-state index contributed by atoms with van der Waals surface area (Å²) >= 11 is 0. The molecule has 2 aromatic heterocycles. The van der Waals surface area contributed by atoms with Crippen molar-refractivity contribution in [3.8, 4) is 40.1 Å². The highest BCUT2D eigenvalue weighted by Gasteiger charge is 2.17. The summed E-state index contributed by atoms with van der Waals surface area (Å²) < 4.78 is 2.29. The third-order valence-corrected chi connectivity index (χ3v) is 6.71. The molecular formula is C32H20N4. The minimum absolute atomic E-state index is 0.645. The SMILES string of the molecule is Cc1cc(C#N)c(-c2ccncc2)cc1-n1c2ccccc2c2cc(-c3ccc(C#N)cc3)ccc21. The van der Waals surface area contributed by atoms with Gasteiger partial charge in [-0.3, -0.25) is 4.98 Å². The highest BCUT2D eigenvalue weighted by atomic mass is 15.0. The molecule has 4 heteroatoms. The second kappa shape index (κ2) is 8.55. The highest BCUT2D eigenvalue weighted by Crippen LogP contribution is 2.37. The summed E-state index contributed by atoms with van der Waals surface area (Å²) in [5, 5.41) is 21.3. The molecule has 0 amide bonds. The molecule has 168 valence electrons. The van der Waals surface area contributed by atoms with Gasteiger partial charge in [-0.25, -0.2) is 0 Å². The first-order valence-corrected chi connectivity index (χ1v) is 11.7. The second-order valence-corrected chi connectivity index (χ2v) is 8.81. The molecule has 4 nitrogen and oxygen atoms in total. The van der Waals surface area contributed by atoms with E-state index in [1.807, 2.05) is 42.5 Å². The number of aryl methyl sites for hydroxylation is 1. The van der Waals surface area contributed by atoms with Gasteiger partial charge in [-0.1, -0.05) is 36.4 Å². The van der Waals surface area contributed by atoms with E-state index in [9.17, 15) is 5.26 Å². The van der Waals surface area contributed by atoms with E-state index >= 15 is 0 Å². The van der Waals surface area contributed by atoms with Crippen LogP contribution in [0, 0.1) is 29.6 Å². The van der Waals surface area contributed by atoms with Gasteiger partial charge in [0.25, 0.3) is 0 Å². The molecule has 0 atom stereocenters. The smallest absolute Gasteiger partial charge is 0.0998 e. The Labute approximate surface area is 208 Å². The van der Waals surface area contributed by atoms with Crippen molar-refractivity contribution in [1.29, 1.82) is 10.5 Å². The third kappa shape index (κ3) is 3.41. The van der Waals surface area contributed by atoms with Crippen molar-refractivity contribution >= 4 is 21.8 Å². The molecule has 0 radical (unpaired) electrons. The van der Waals surface area contributed by atoms with Crippen molar-refractivity contribution in [2.24, 2.45) is 0 Å². The van der Waals surface area contributed by atoms with Gasteiger partial charge in [0.2, 0.25) is 0 Å². The van der Waals surface area contributed by atoms with Gasteiger partial charge in [0.05, 0.1) is 34.3 Å². The van der Waals surface area contributed by atoms with Crippen LogP contribution in [0.1, 0.15) is 16.7 Å². The number of hydrogen-bond donors (Lipinski definition) is 0. The lowest BCUT2D eigenvalue weighted by atomic mass is 9.97. The van der Waals surface area contributed by atoms with Crippen molar-refractivity contribution in [1.82, 2.24) is 9.55 Å². The lowest BCUT2D eigenvalue weighted by Crippen LogP contribution is -1.99. The molecule has 0 fully saturated rings. The van der Waals surface area contributed by atoms with Gasteiger partial charge >= 0.3 is 0 Å². The van der Waals surface area contributed by atoms with Crippen molar-refractivity contribution < 1.29 is 0 Å². The van der Waals surface area contributed by atoms with E-state index in [2.05, 4.69) is 77.1 Å². The normalized spacial score (nSPS) is 10.9.